The Labute approximate surface area is 61.8 Å². The number of thiol groups is 1. The summed E-state index contributed by atoms with van der Waals surface area (Å²) in [5.41, 5.74) is 0. The molecule has 0 aliphatic heterocycles. The average Bonchev–Trinajstić information content (AvgIpc) is 1.90. The fraction of sp³-hybridized carbons (Fsp3) is 0.400. The Morgan fingerprint density at radius 2 is 2.00 bits per heavy atom. The highest BCUT2D eigenvalue weighted by molar-refractivity contribution is 8.25. The van der Waals surface area contributed by atoms with Crippen molar-refractivity contribution >= 4 is 37.3 Å². The van der Waals surface area contributed by atoms with Crippen molar-refractivity contribution in [3.63, 3.8) is 0 Å². The first-order valence-electron chi connectivity index (χ1n) is 2.46. The van der Waals surface area contributed by atoms with Gasteiger partial charge in [-0.15, -0.1) is 17.5 Å². The van der Waals surface area contributed by atoms with E-state index in [1.165, 1.54) is 0 Å². The Kier molecular flexibility index (Phi) is 4.53. The maximum Gasteiger partial charge on any atom is 0.182 e. The minimum absolute atomic E-state index is 0.231. The molecular weight excluding hydrogens is 154 g/mol. The largest absolute Gasteiger partial charge is 0.182 e. The predicted molar refractivity (Wildman–Crippen MR) is 50.9 cm³/mol. The smallest absolute Gasteiger partial charge is 0.171 e. The van der Waals surface area contributed by atoms with Gasteiger partial charge in [-0.3, -0.25) is 0 Å². The Morgan fingerprint density at radius 3 is 2.11 bits per heavy atom. The molecule has 0 spiro atoms. The van der Waals surface area contributed by atoms with Crippen LogP contribution in [0.3, 0.4) is 0 Å². The second-order valence-corrected chi connectivity index (χ2v) is 4.02. The van der Waals surface area contributed by atoms with Crippen molar-refractivity contribution in [1.82, 2.24) is 0 Å². The standard InChI is InChI=1S/C5H9NOS2/c1-3-9(4-2)5(8)6-7/h3-4,8H,1-2H3. The van der Waals surface area contributed by atoms with Gasteiger partial charge in [0.05, 0.1) is 0 Å². The molecule has 4 heteroatoms. The van der Waals surface area contributed by atoms with Gasteiger partial charge >= 0.3 is 0 Å². The van der Waals surface area contributed by atoms with Crippen LogP contribution in [-0.2, 0) is 0 Å². The van der Waals surface area contributed by atoms with Crippen molar-refractivity contribution in [2.45, 2.75) is 13.8 Å². The lowest BCUT2D eigenvalue weighted by Crippen LogP contribution is -1.72. The van der Waals surface area contributed by atoms with Crippen molar-refractivity contribution in [1.29, 1.82) is 0 Å². The highest BCUT2D eigenvalue weighted by Gasteiger charge is 1.79. The van der Waals surface area contributed by atoms with Gasteiger partial charge in [-0.1, -0.05) is 0 Å². The molecule has 0 aliphatic carbocycles. The Morgan fingerprint density at radius 1 is 1.56 bits per heavy atom. The summed E-state index contributed by atoms with van der Waals surface area (Å²) in [5.74, 6) is 0. The van der Waals surface area contributed by atoms with Crippen LogP contribution in [0.2, 0.25) is 0 Å². The van der Waals surface area contributed by atoms with Gasteiger partial charge in [-0.2, -0.15) is 9.66 Å². The quantitative estimate of drug-likeness (QED) is 0.328. The van der Waals surface area contributed by atoms with Gasteiger partial charge in [0.2, 0.25) is 0 Å². The number of nitroso groups, excluding NO2 is 1. The highest BCUT2D eigenvalue weighted by Crippen LogP contribution is 1.93. The molecule has 0 atom stereocenters. The highest BCUT2D eigenvalue weighted by atomic mass is 32.2. The topological polar surface area (TPSA) is 29.4 Å². The van der Waals surface area contributed by atoms with Crippen molar-refractivity contribution < 1.29 is 0 Å². The van der Waals surface area contributed by atoms with Crippen molar-refractivity contribution in [3.8, 4) is 0 Å². The van der Waals surface area contributed by atoms with Crippen LogP contribution >= 0.6 is 22.3 Å². The van der Waals surface area contributed by atoms with E-state index in [1.54, 1.807) is 0 Å². The molecule has 0 rings (SSSR count). The second kappa shape index (κ2) is 4.64. The van der Waals surface area contributed by atoms with E-state index in [4.69, 9.17) is 0 Å². The molecule has 0 aromatic carbocycles. The molecule has 0 aromatic heterocycles. The average molecular weight is 163 g/mol. The van der Waals surface area contributed by atoms with Gasteiger partial charge in [0.1, 0.15) is 0 Å². The summed E-state index contributed by atoms with van der Waals surface area (Å²) in [7, 11) is -0.231. The SMILES string of the molecule is CC=S(=CC)=C(S)N=O. The number of hydrogen-bond donors (Lipinski definition) is 1. The van der Waals surface area contributed by atoms with E-state index in [1.807, 2.05) is 24.6 Å². The summed E-state index contributed by atoms with van der Waals surface area (Å²) in [6.07, 6.45) is 0. The van der Waals surface area contributed by atoms with E-state index in [2.05, 4.69) is 17.8 Å². The molecule has 0 aromatic rings. The van der Waals surface area contributed by atoms with Crippen LogP contribution in [0.5, 0.6) is 0 Å². The van der Waals surface area contributed by atoms with Gasteiger partial charge < -0.3 is 0 Å². The molecule has 9 heavy (non-hydrogen) atoms. The van der Waals surface area contributed by atoms with Crippen LogP contribution in [0.15, 0.2) is 5.18 Å². The molecule has 0 N–H and O–H groups in total. The van der Waals surface area contributed by atoms with Gasteiger partial charge in [-0.25, -0.2) is 0 Å². The molecule has 0 fully saturated rings. The van der Waals surface area contributed by atoms with Gasteiger partial charge in [0.15, 0.2) is 4.32 Å². The summed E-state index contributed by atoms with van der Waals surface area (Å²) < 4.78 is 0.347. The zero-order valence-electron chi connectivity index (χ0n) is 5.37. The molecule has 0 bridgehead atoms. The molecule has 0 radical (unpaired) electrons. The minimum Gasteiger partial charge on any atom is -0.171 e. The van der Waals surface area contributed by atoms with E-state index < -0.39 is 0 Å². The summed E-state index contributed by atoms with van der Waals surface area (Å²) in [6, 6.07) is 0. The lowest BCUT2D eigenvalue weighted by Gasteiger charge is -1.78. The third-order valence-electron chi connectivity index (χ3n) is 0.797. The Bertz CT molecular complexity index is 224. The molecule has 0 saturated carbocycles. The molecular formula is C5H9NOS2. The van der Waals surface area contributed by atoms with Crippen LogP contribution in [0.4, 0.5) is 0 Å². The van der Waals surface area contributed by atoms with Crippen LogP contribution in [-0.4, -0.2) is 15.1 Å². The Balaban J connectivity index is 5.13. The first kappa shape index (κ1) is 8.78. The van der Waals surface area contributed by atoms with Crippen LogP contribution < -0.4 is 0 Å². The first-order chi connectivity index (χ1) is 4.26. The van der Waals surface area contributed by atoms with Crippen molar-refractivity contribution in [2.24, 2.45) is 5.18 Å². The number of rotatable bonds is 0. The maximum atomic E-state index is 9.87. The molecule has 52 valence electrons. The zero-order chi connectivity index (χ0) is 7.28. The summed E-state index contributed by atoms with van der Waals surface area (Å²) >= 11 is 3.87. The van der Waals surface area contributed by atoms with Crippen molar-refractivity contribution in [3.05, 3.63) is 4.91 Å². The summed E-state index contributed by atoms with van der Waals surface area (Å²) in [5, 5.41) is 6.50. The lowest BCUT2D eigenvalue weighted by atomic mass is 11.0. The van der Waals surface area contributed by atoms with Gasteiger partial charge in [-0.05, 0) is 29.8 Å². The van der Waals surface area contributed by atoms with E-state index in [0.717, 1.165) is 0 Å². The van der Waals surface area contributed by atoms with E-state index in [9.17, 15) is 4.91 Å². The minimum atomic E-state index is -0.231. The fourth-order valence-electron chi connectivity index (χ4n) is 0.390. The molecule has 0 unspecified atom stereocenters. The van der Waals surface area contributed by atoms with Crippen molar-refractivity contribution in [2.75, 3.05) is 0 Å². The Hall–Kier alpha value is -0.220. The predicted octanol–water partition coefficient (Wildman–Crippen LogP) is 1.68. The van der Waals surface area contributed by atoms with Crippen LogP contribution in [0.1, 0.15) is 13.8 Å². The maximum absolute atomic E-state index is 9.87. The zero-order valence-corrected chi connectivity index (χ0v) is 7.08. The summed E-state index contributed by atoms with van der Waals surface area (Å²) in [6.45, 7) is 3.76. The molecule has 0 heterocycles. The van der Waals surface area contributed by atoms with Crippen LogP contribution in [0, 0.1) is 4.91 Å². The molecule has 0 saturated heterocycles. The van der Waals surface area contributed by atoms with E-state index in [0.29, 0.717) is 4.32 Å². The third-order valence-corrected chi connectivity index (χ3v) is 3.02. The fourth-order valence-corrected chi connectivity index (χ4v) is 1.80. The van der Waals surface area contributed by atoms with Gasteiger partial charge in [0, 0.05) is 0 Å². The normalized spacial score (nSPS) is 7.89. The second-order valence-electron chi connectivity index (χ2n) is 1.22. The first-order valence-corrected chi connectivity index (χ1v) is 4.26. The lowest BCUT2D eigenvalue weighted by molar-refractivity contribution is 1.78. The van der Waals surface area contributed by atoms with Crippen LogP contribution in [0.25, 0.3) is 0 Å². The van der Waals surface area contributed by atoms with Gasteiger partial charge in [0.25, 0.3) is 0 Å². The molecule has 0 amide bonds. The van der Waals surface area contributed by atoms with E-state index >= 15 is 0 Å². The number of hydrogen-bond acceptors (Lipinski definition) is 1. The van der Waals surface area contributed by atoms with E-state index in [-0.39, 0.29) is 9.66 Å². The number of nitrogens with zero attached hydrogens (tertiary/aromatic N) is 1. The molecule has 0 aliphatic rings. The third kappa shape index (κ3) is 2.72. The molecule has 2 nitrogen and oxygen atoms in total. The summed E-state index contributed by atoms with van der Waals surface area (Å²) in [4.78, 5) is 9.87. The monoisotopic (exact) mass is 163 g/mol.